The van der Waals surface area contributed by atoms with E-state index in [2.05, 4.69) is 5.32 Å². The van der Waals surface area contributed by atoms with Gasteiger partial charge in [0.2, 0.25) is 5.91 Å². The number of ether oxygens (including phenoxy) is 1. The van der Waals surface area contributed by atoms with Gasteiger partial charge in [-0.2, -0.15) is 0 Å². The molecular formula is C15H18N4O5. The molecule has 1 N–H and O–H groups in total. The zero-order valence-corrected chi connectivity index (χ0v) is 13.1. The number of nitro benzene ring substituents is 1. The van der Waals surface area contributed by atoms with E-state index in [9.17, 15) is 19.7 Å². The molecule has 1 aromatic carbocycles. The molecule has 2 aliphatic heterocycles. The van der Waals surface area contributed by atoms with Crippen LogP contribution in [0.15, 0.2) is 18.2 Å². The summed E-state index contributed by atoms with van der Waals surface area (Å²) in [5, 5.41) is 14.2. The summed E-state index contributed by atoms with van der Waals surface area (Å²) in [6.07, 6.45) is 0.852. The van der Waals surface area contributed by atoms with Crippen LogP contribution in [0.5, 0.6) is 5.75 Å². The molecule has 128 valence electrons. The van der Waals surface area contributed by atoms with Crippen LogP contribution in [-0.2, 0) is 9.59 Å². The number of non-ortho nitro benzene ring substituents is 1. The van der Waals surface area contributed by atoms with Gasteiger partial charge in [0.25, 0.3) is 11.6 Å². The molecule has 0 atom stereocenters. The number of hydrogen-bond acceptors (Lipinski definition) is 6. The van der Waals surface area contributed by atoms with Gasteiger partial charge in [-0.25, -0.2) is 0 Å². The topological polar surface area (TPSA) is 105 Å². The quantitative estimate of drug-likeness (QED) is 0.623. The lowest BCUT2D eigenvalue weighted by Gasteiger charge is -2.30. The fraction of sp³-hybridized carbons (Fsp3) is 0.467. The number of rotatable bonds is 3. The molecule has 0 unspecified atom stereocenters. The number of anilines is 1. The molecule has 1 saturated heterocycles. The molecule has 2 amide bonds. The molecule has 2 aliphatic rings. The lowest BCUT2D eigenvalue weighted by Crippen LogP contribution is -2.47. The Balaban J connectivity index is 1.82. The van der Waals surface area contributed by atoms with Crippen LogP contribution in [0.3, 0.4) is 0 Å². The number of fused-ring (bicyclic) bond motifs is 1. The summed E-state index contributed by atoms with van der Waals surface area (Å²) < 4.78 is 5.30. The number of nitrogens with one attached hydrogen (secondary N) is 1. The third kappa shape index (κ3) is 3.30. The van der Waals surface area contributed by atoms with E-state index in [1.54, 1.807) is 4.90 Å². The summed E-state index contributed by atoms with van der Waals surface area (Å²) in [5.41, 5.74) is 0.116. The minimum absolute atomic E-state index is 0.142. The van der Waals surface area contributed by atoms with Gasteiger partial charge in [-0.3, -0.25) is 24.6 Å². The maximum absolute atomic E-state index is 12.5. The van der Waals surface area contributed by atoms with E-state index in [0.29, 0.717) is 25.4 Å². The van der Waals surface area contributed by atoms with Crippen LogP contribution in [0.25, 0.3) is 0 Å². The monoisotopic (exact) mass is 334 g/mol. The van der Waals surface area contributed by atoms with E-state index < -0.39 is 4.92 Å². The summed E-state index contributed by atoms with van der Waals surface area (Å²) in [5.74, 6) is -0.193. The van der Waals surface area contributed by atoms with Crippen molar-refractivity contribution in [1.29, 1.82) is 0 Å². The molecule has 24 heavy (non-hydrogen) atoms. The number of benzene rings is 1. The van der Waals surface area contributed by atoms with Crippen LogP contribution in [-0.4, -0.2) is 61.0 Å². The van der Waals surface area contributed by atoms with Gasteiger partial charge >= 0.3 is 0 Å². The van der Waals surface area contributed by atoms with Gasteiger partial charge in [-0.15, -0.1) is 0 Å². The normalized spacial score (nSPS) is 17.8. The Morgan fingerprint density at radius 3 is 2.96 bits per heavy atom. The van der Waals surface area contributed by atoms with Crippen molar-refractivity contribution < 1.29 is 19.2 Å². The minimum atomic E-state index is -0.542. The van der Waals surface area contributed by atoms with E-state index in [4.69, 9.17) is 4.74 Å². The zero-order valence-electron chi connectivity index (χ0n) is 13.1. The van der Waals surface area contributed by atoms with Crippen molar-refractivity contribution in [2.24, 2.45) is 0 Å². The highest BCUT2D eigenvalue weighted by atomic mass is 16.6. The highest BCUT2D eigenvalue weighted by molar-refractivity contribution is 6.02. The number of amides is 2. The van der Waals surface area contributed by atoms with Gasteiger partial charge in [0.05, 0.1) is 10.6 Å². The number of hydrogen-bond donors (Lipinski definition) is 1. The second kappa shape index (κ2) is 6.83. The smallest absolute Gasteiger partial charge is 0.271 e. The Morgan fingerprint density at radius 2 is 2.17 bits per heavy atom. The molecule has 0 saturated carbocycles. The van der Waals surface area contributed by atoms with Crippen LogP contribution >= 0.6 is 0 Å². The maximum Gasteiger partial charge on any atom is 0.271 e. The predicted octanol–water partition coefficient (Wildman–Crippen LogP) is 0.142. The van der Waals surface area contributed by atoms with Crippen molar-refractivity contribution in [3.05, 3.63) is 28.3 Å². The van der Waals surface area contributed by atoms with Gasteiger partial charge in [0.1, 0.15) is 12.3 Å². The highest BCUT2D eigenvalue weighted by Crippen LogP contribution is 2.35. The van der Waals surface area contributed by atoms with Crippen molar-refractivity contribution in [3.63, 3.8) is 0 Å². The van der Waals surface area contributed by atoms with Gasteiger partial charge in [-0.05, 0) is 19.0 Å². The van der Waals surface area contributed by atoms with Gasteiger partial charge in [-0.1, -0.05) is 0 Å². The molecule has 2 heterocycles. The van der Waals surface area contributed by atoms with Crippen LogP contribution in [0.1, 0.15) is 6.42 Å². The predicted molar refractivity (Wildman–Crippen MR) is 85.0 cm³/mol. The number of carbonyl (C=O) groups is 2. The Labute approximate surface area is 138 Å². The summed E-state index contributed by atoms with van der Waals surface area (Å²) in [6.45, 7) is 2.46. The largest absolute Gasteiger partial charge is 0.482 e. The average molecular weight is 334 g/mol. The molecule has 0 bridgehead atoms. The fourth-order valence-electron chi connectivity index (χ4n) is 2.81. The van der Waals surface area contributed by atoms with Crippen LogP contribution < -0.4 is 15.0 Å². The molecular weight excluding hydrogens is 316 g/mol. The average Bonchev–Trinajstić information content (AvgIpc) is 2.86. The zero-order chi connectivity index (χ0) is 17.1. The van der Waals surface area contributed by atoms with E-state index in [1.807, 2.05) is 0 Å². The molecule has 0 aromatic heterocycles. The second-order valence-electron chi connectivity index (χ2n) is 5.66. The first-order valence-corrected chi connectivity index (χ1v) is 7.76. The molecule has 9 nitrogen and oxygen atoms in total. The Bertz CT molecular complexity index is 670. The standard InChI is InChI=1S/C15H18N4O5/c20-14(17-6-1-4-16-5-7-17)9-18-12-8-11(19(22)23)2-3-13(12)24-10-15(18)21/h2-3,8,16H,1,4-7,9-10H2. The molecule has 3 rings (SSSR count). The molecule has 0 aliphatic carbocycles. The van der Waals surface area contributed by atoms with Crippen molar-refractivity contribution in [3.8, 4) is 5.75 Å². The first-order valence-electron chi connectivity index (χ1n) is 7.76. The molecule has 9 heteroatoms. The fourth-order valence-corrected chi connectivity index (χ4v) is 2.81. The minimum Gasteiger partial charge on any atom is -0.482 e. The van der Waals surface area contributed by atoms with E-state index >= 15 is 0 Å². The number of nitrogens with zero attached hydrogens (tertiary/aromatic N) is 3. The van der Waals surface area contributed by atoms with Gasteiger partial charge in [0, 0.05) is 31.8 Å². The van der Waals surface area contributed by atoms with Gasteiger partial charge in [0.15, 0.2) is 6.61 Å². The van der Waals surface area contributed by atoms with Crippen molar-refractivity contribution in [1.82, 2.24) is 10.2 Å². The van der Waals surface area contributed by atoms with E-state index in [0.717, 1.165) is 13.0 Å². The number of carbonyl (C=O) groups excluding carboxylic acids is 2. The summed E-state index contributed by atoms with van der Waals surface area (Å²) in [7, 11) is 0. The third-order valence-electron chi connectivity index (χ3n) is 4.08. The Hall–Kier alpha value is -2.68. The summed E-state index contributed by atoms with van der Waals surface area (Å²) in [4.78, 5) is 38.1. The molecule has 0 radical (unpaired) electrons. The third-order valence-corrected chi connectivity index (χ3v) is 4.08. The highest BCUT2D eigenvalue weighted by Gasteiger charge is 2.30. The van der Waals surface area contributed by atoms with E-state index in [-0.39, 0.29) is 36.3 Å². The lowest BCUT2D eigenvalue weighted by molar-refractivity contribution is -0.384. The summed E-state index contributed by atoms with van der Waals surface area (Å²) in [6, 6.07) is 4.03. The van der Waals surface area contributed by atoms with Crippen LogP contribution in [0, 0.1) is 10.1 Å². The van der Waals surface area contributed by atoms with Crippen LogP contribution in [0.4, 0.5) is 11.4 Å². The second-order valence-corrected chi connectivity index (χ2v) is 5.66. The molecule has 1 fully saturated rings. The van der Waals surface area contributed by atoms with Crippen molar-refractivity contribution >= 4 is 23.2 Å². The molecule has 1 aromatic rings. The molecule has 0 spiro atoms. The first-order chi connectivity index (χ1) is 11.6. The lowest BCUT2D eigenvalue weighted by atomic mass is 10.2. The summed E-state index contributed by atoms with van der Waals surface area (Å²) >= 11 is 0. The van der Waals surface area contributed by atoms with Crippen molar-refractivity contribution in [2.75, 3.05) is 44.2 Å². The first kappa shape index (κ1) is 16.2. The van der Waals surface area contributed by atoms with Gasteiger partial charge < -0.3 is 15.0 Å². The number of nitro groups is 1. The Kier molecular flexibility index (Phi) is 4.61. The van der Waals surface area contributed by atoms with Crippen LogP contribution in [0.2, 0.25) is 0 Å². The van der Waals surface area contributed by atoms with E-state index in [1.165, 1.54) is 23.1 Å². The maximum atomic E-state index is 12.5. The van der Waals surface area contributed by atoms with Crippen molar-refractivity contribution in [2.45, 2.75) is 6.42 Å². The SMILES string of the molecule is O=C(CN1C(=O)COc2ccc([N+](=O)[O-])cc21)N1CCCNCC1. The Morgan fingerprint density at radius 1 is 1.33 bits per heavy atom.